The summed E-state index contributed by atoms with van der Waals surface area (Å²) in [5, 5.41) is 12.5. The van der Waals surface area contributed by atoms with Crippen LogP contribution in [0.2, 0.25) is 0 Å². The molecule has 0 aromatic heterocycles. The number of ether oxygens (including phenoxy) is 3. The minimum atomic E-state index is -2.71. The molecule has 3 N–H and O–H groups in total. The molecule has 282 valence electrons. The second-order valence-corrected chi connectivity index (χ2v) is 19.4. The van der Waals surface area contributed by atoms with Gasteiger partial charge in [0.15, 0.2) is 0 Å². The second kappa shape index (κ2) is 11.4. The molecule has 3 saturated heterocycles. The quantitative estimate of drug-likeness (QED) is 0.339. The summed E-state index contributed by atoms with van der Waals surface area (Å²) in [5.74, 6) is -1.76. The van der Waals surface area contributed by atoms with Gasteiger partial charge >= 0.3 is 12.2 Å². The van der Waals surface area contributed by atoms with Crippen LogP contribution in [0, 0.1) is 51.2 Å². The number of carbonyl (C=O) groups excluding carboxylic acids is 2. The van der Waals surface area contributed by atoms with E-state index in [4.69, 9.17) is 19.9 Å². The molecule has 8 rings (SSSR count). The van der Waals surface area contributed by atoms with E-state index in [1.165, 1.54) is 4.90 Å². The number of fused-ring (bicyclic) bond motifs is 4. The molecule has 13 atom stereocenters. The zero-order chi connectivity index (χ0) is 35.8. The summed E-state index contributed by atoms with van der Waals surface area (Å²) in [6, 6.07) is 0. The van der Waals surface area contributed by atoms with E-state index in [1.807, 2.05) is 0 Å². The lowest BCUT2D eigenvalue weighted by Gasteiger charge is -2.63. The van der Waals surface area contributed by atoms with E-state index < -0.39 is 35.9 Å². The number of nitrogens with two attached hydrogens (primary N) is 1. The monoisotopic (exact) mass is 705 g/mol. The van der Waals surface area contributed by atoms with Crippen LogP contribution in [0.15, 0.2) is 0 Å². The van der Waals surface area contributed by atoms with Crippen molar-refractivity contribution in [3.05, 3.63) is 0 Å². The Bertz CT molecular complexity index is 1380. The van der Waals surface area contributed by atoms with Gasteiger partial charge in [-0.2, -0.15) is 0 Å². The molecule has 9 nitrogen and oxygen atoms in total. The van der Waals surface area contributed by atoms with E-state index >= 15 is 0 Å². The lowest BCUT2D eigenvalue weighted by atomic mass is 9.43. The van der Waals surface area contributed by atoms with E-state index in [2.05, 4.69) is 41.5 Å². The molecule has 3 aliphatic heterocycles. The van der Waals surface area contributed by atoms with Gasteiger partial charge in [0, 0.05) is 44.4 Å². The third-order valence-electron chi connectivity index (χ3n) is 16.6. The van der Waals surface area contributed by atoms with Crippen molar-refractivity contribution in [2.75, 3.05) is 26.2 Å². The molecule has 0 bridgehead atoms. The van der Waals surface area contributed by atoms with E-state index in [0.717, 1.165) is 70.9 Å². The molecule has 8 aliphatic rings. The minimum absolute atomic E-state index is 0.0315. The molecule has 0 aromatic carbocycles. The topological polar surface area (TPSA) is 115 Å². The number of hydrogen-bond donors (Lipinski definition) is 2. The first kappa shape index (κ1) is 35.3. The highest BCUT2D eigenvalue weighted by Gasteiger charge is 2.85. The van der Waals surface area contributed by atoms with Crippen molar-refractivity contribution in [3.8, 4) is 0 Å². The van der Waals surface area contributed by atoms with E-state index in [1.54, 1.807) is 4.90 Å². The Morgan fingerprint density at radius 1 is 0.900 bits per heavy atom. The lowest BCUT2D eigenvalue weighted by Crippen LogP contribution is -2.70. The number of rotatable bonds is 4. The van der Waals surface area contributed by atoms with Crippen LogP contribution in [0.25, 0.3) is 0 Å². The summed E-state index contributed by atoms with van der Waals surface area (Å²) >= 11 is 0. The highest BCUT2D eigenvalue weighted by atomic mass is 19.3. The SMILES string of the molecule is CC(C)[C@@H](OC(=O)N1CCC1)C1C[C@@H](C)[C@H]2C(O1)[C@H](O)[C@@]1(N)C3CC[C@H]4C(C)(C)[C@@H](OC(=O)N5CCC(F)(F)CC5)CC[C@@]45C[C@@]35CC[C@]21C. The van der Waals surface area contributed by atoms with Crippen molar-refractivity contribution in [2.24, 2.45) is 57.0 Å². The summed E-state index contributed by atoms with van der Waals surface area (Å²) in [6.45, 7) is 14.8. The number of likely N-dealkylation sites (tertiary alicyclic amines) is 2. The van der Waals surface area contributed by atoms with Crippen LogP contribution in [-0.4, -0.2) is 95.3 Å². The first-order valence-corrected chi connectivity index (χ1v) is 19.8. The Balaban J connectivity index is 1.01. The van der Waals surface area contributed by atoms with E-state index in [-0.39, 0.29) is 89.6 Å². The highest BCUT2D eigenvalue weighted by molar-refractivity contribution is 5.69. The number of amides is 2. The minimum Gasteiger partial charge on any atom is -0.446 e. The first-order valence-electron chi connectivity index (χ1n) is 19.8. The van der Waals surface area contributed by atoms with Gasteiger partial charge < -0.3 is 34.9 Å². The average Bonchev–Trinajstić information content (AvgIpc) is 3.64. The maximum atomic E-state index is 13.8. The van der Waals surface area contributed by atoms with E-state index in [9.17, 15) is 23.5 Å². The van der Waals surface area contributed by atoms with Crippen LogP contribution in [-0.2, 0) is 14.2 Å². The summed E-state index contributed by atoms with van der Waals surface area (Å²) in [7, 11) is 0. The molecule has 11 heteroatoms. The van der Waals surface area contributed by atoms with Gasteiger partial charge in [-0.15, -0.1) is 0 Å². The molecule has 2 spiro atoms. The molecule has 0 radical (unpaired) electrons. The van der Waals surface area contributed by atoms with Crippen molar-refractivity contribution >= 4 is 12.2 Å². The van der Waals surface area contributed by atoms with Crippen LogP contribution in [0.5, 0.6) is 0 Å². The van der Waals surface area contributed by atoms with Gasteiger partial charge in [-0.3, -0.25) is 0 Å². The number of carbonyl (C=O) groups is 2. The molecular weight excluding hydrogens is 644 g/mol. The highest BCUT2D eigenvalue weighted by Crippen LogP contribution is 2.87. The van der Waals surface area contributed by atoms with Crippen LogP contribution < -0.4 is 5.73 Å². The number of aliphatic hydroxyl groups is 1. The summed E-state index contributed by atoms with van der Waals surface area (Å²) < 4.78 is 46.8. The van der Waals surface area contributed by atoms with Crippen molar-refractivity contribution in [1.82, 2.24) is 9.80 Å². The van der Waals surface area contributed by atoms with Crippen LogP contribution in [0.3, 0.4) is 0 Å². The van der Waals surface area contributed by atoms with Crippen molar-refractivity contribution in [1.29, 1.82) is 0 Å². The van der Waals surface area contributed by atoms with Crippen LogP contribution in [0.4, 0.5) is 18.4 Å². The summed E-state index contributed by atoms with van der Waals surface area (Å²) in [4.78, 5) is 29.3. The maximum Gasteiger partial charge on any atom is 0.410 e. The van der Waals surface area contributed by atoms with Crippen molar-refractivity contribution < 1.29 is 37.7 Å². The Morgan fingerprint density at radius 2 is 1.54 bits per heavy atom. The Morgan fingerprint density at radius 3 is 2.18 bits per heavy atom. The molecule has 2 amide bonds. The third kappa shape index (κ3) is 4.69. The fraction of sp³-hybridized carbons (Fsp3) is 0.949. The van der Waals surface area contributed by atoms with Gasteiger partial charge in [-0.1, -0.05) is 41.5 Å². The molecule has 8 fully saturated rings. The average molecular weight is 706 g/mol. The summed E-state index contributed by atoms with van der Waals surface area (Å²) in [6.07, 6.45) is 4.96. The molecule has 50 heavy (non-hydrogen) atoms. The predicted molar refractivity (Wildman–Crippen MR) is 182 cm³/mol. The number of piperidine rings is 1. The zero-order valence-corrected chi connectivity index (χ0v) is 31.1. The second-order valence-electron chi connectivity index (χ2n) is 19.4. The predicted octanol–water partition coefficient (Wildman–Crippen LogP) is 6.59. The number of aliphatic hydroxyl groups excluding tert-OH is 1. The largest absolute Gasteiger partial charge is 0.446 e. The zero-order valence-electron chi connectivity index (χ0n) is 31.1. The molecule has 3 heterocycles. The Kier molecular flexibility index (Phi) is 8.05. The molecular formula is C39H61F2N3O6. The standard InChI is InChI=1S/C39H61F2N3O6/c1-22(2)29(50-33(47)43-16-7-17-43)24-20-23(3)28-30(48-24)31(45)39(42)26-9-8-25-34(4,5)27(49-32(46)44-18-14-38(40,41)15-19-44)10-11-36(25)21-37(26,36)13-12-35(28,39)6/h22-31,45H,7-21,42H2,1-6H3/t23-,24?,25+,26?,27+,28+,29-,30?,31+,35-,36-,37+,39+/m1/s1. The van der Waals surface area contributed by atoms with E-state index in [0.29, 0.717) is 5.92 Å². The maximum absolute atomic E-state index is 13.8. The Labute approximate surface area is 296 Å². The smallest absolute Gasteiger partial charge is 0.410 e. The van der Waals surface area contributed by atoms with Crippen LogP contribution in [0.1, 0.15) is 112 Å². The normalized spacial score (nSPS) is 48.9. The lowest BCUT2D eigenvalue weighted by molar-refractivity contribution is -0.180. The fourth-order valence-electron chi connectivity index (χ4n) is 13.9. The Hall–Kier alpha value is -1.72. The van der Waals surface area contributed by atoms with Gasteiger partial charge in [0.2, 0.25) is 0 Å². The van der Waals surface area contributed by atoms with Gasteiger partial charge in [0.25, 0.3) is 5.92 Å². The number of hydrogen-bond acceptors (Lipinski definition) is 7. The number of nitrogens with zero attached hydrogens (tertiary/aromatic N) is 2. The fourth-order valence-corrected chi connectivity index (χ4v) is 13.9. The third-order valence-corrected chi connectivity index (χ3v) is 16.6. The van der Waals surface area contributed by atoms with Gasteiger partial charge in [-0.25, -0.2) is 18.4 Å². The van der Waals surface area contributed by atoms with Crippen molar-refractivity contribution in [2.45, 2.75) is 154 Å². The van der Waals surface area contributed by atoms with Gasteiger partial charge in [0.1, 0.15) is 12.2 Å². The van der Waals surface area contributed by atoms with Crippen LogP contribution >= 0.6 is 0 Å². The molecule has 5 saturated carbocycles. The van der Waals surface area contributed by atoms with Gasteiger partial charge in [-0.05, 0) is 104 Å². The summed E-state index contributed by atoms with van der Waals surface area (Å²) in [5.41, 5.74) is 6.57. The number of alkyl halides is 2. The first-order chi connectivity index (χ1) is 23.4. The molecule has 5 aliphatic carbocycles. The molecule has 0 aromatic rings. The van der Waals surface area contributed by atoms with Crippen molar-refractivity contribution in [3.63, 3.8) is 0 Å². The number of halogens is 2. The molecule has 3 unspecified atom stereocenters. The van der Waals surface area contributed by atoms with Gasteiger partial charge in [0.05, 0.1) is 23.9 Å².